The van der Waals surface area contributed by atoms with E-state index in [1.54, 1.807) is 6.20 Å². The predicted molar refractivity (Wildman–Crippen MR) is 79.3 cm³/mol. The zero-order valence-corrected chi connectivity index (χ0v) is 12.9. The number of amides is 2. The quantitative estimate of drug-likeness (QED) is 0.802. The molecule has 0 spiro atoms. The lowest BCUT2D eigenvalue weighted by Gasteiger charge is -2.47. The number of hydrogen-bond donors (Lipinski definition) is 0. The molecular formula is C17H22N2O2. The molecule has 2 atom stereocenters. The zero-order valence-electron chi connectivity index (χ0n) is 12.9. The van der Waals surface area contributed by atoms with Crippen LogP contribution >= 0.6 is 0 Å². The van der Waals surface area contributed by atoms with Gasteiger partial charge >= 0.3 is 0 Å². The largest absolute Gasteiger partial charge is 0.281 e. The van der Waals surface area contributed by atoms with Crippen molar-refractivity contribution in [1.82, 2.24) is 9.88 Å². The molecule has 2 heterocycles. The summed E-state index contributed by atoms with van der Waals surface area (Å²) in [4.78, 5) is 31.2. The van der Waals surface area contributed by atoms with Gasteiger partial charge in [-0.2, -0.15) is 0 Å². The molecule has 1 saturated carbocycles. The van der Waals surface area contributed by atoms with E-state index in [1.165, 1.54) is 4.90 Å². The van der Waals surface area contributed by atoms with E-state index in [9.17, 15) is 9.59 Å². The molecule has 2 unspecified atom stereocenters. The van der Waals surface area contributed by atoms with Crippen LogP contribution in [0.4, 0.5) is 0 Å². The fourth-order valence-corrected chi connectivity index (χ4v) is 3.89. The molecule has 0 radical (unpaired) electrons. The topological polar surface area (TPSA) is 50.3 Å². The Balaban J connectivity index is 1.81. The number of carbonyl (C=O) groups is 2. The molecule has 1 saturated heterocycles. The summed E-state index contributed by atoms with van der Waals surface area (Å²) in [6, 6.07) is 5.72. The van der Waals surface area contributed by atoms with E-state index in [1.807, 2.05) is 25.1 Å². The second-order valence-corrected chi connectivity index (χ2v) is 7.01. The van der Waals surface area contributed by atoms with Crippen LogP contribution in [-0.4, -0.2) is 28.2 Å². The van der Waals surface area contributed by atoms with Crippen molar-refractivity contribution in [3.63, 3.8) is 0 Å². The van der Waals surface area contributed by atoms with Gasteiger partial charge < -0.3 is 0 Å². The van der Waals surface area contributed by atoms with E-state index in [0.717, 1.165) is 18.5 Å². The van der Waals surface area contributed by atoms with Gasteiger partial charge in [0.2, 0.25) is 11.8 Å². The van der Waals surface area contributed by atoms with Gasteiger partial charge in [0.15, 0.2) is 0 Å². The molecule has 0 N–H and O–H groups in total. The van der Waals surface area contributed by atoms with Crippen molar-refractivity contribution < 1.29 is 9.59 Å². The molecule has 3 rings (SSSR count). The van der Waals surface area contributed by atoms with E-state index in [0.29, 0.717) is 13.0 Å². The van der Waals surface area contributed by atoms with Gasteiger partial charge in [-0.3, -0.25) is 19.5 Å². The Bertz CT molecular complexity index is 582. The third-order valence-corrected chi connectivity index (χ3v) is 5.83. The molecular weight excluding hydrogens is 264 g/mol. The molecule has 21 heavy (non-hydrogen) atoms. The van der Waals surface area contributed by atoms with Crippen LogP contribution in [0.5, 0.6) is 0 Å². The third kappa shape index (κ3) is 1.92. The molecule has 0 aromatic carbocycles. The summed E-state index contributed by atoms with van der Waals surface area (Å²) in [7, 11) is 0. The number of carbonyl (C=O) groups excluding carboxylic acids is 2. The average Bonchev–Trinajstić information content (AvgIpc) is 2.65. The highest BCUT2D eigenvalue weighted by molar-refractivity contribution is 6.03. The summed E-state index contributed by atoms with van der Waals surface area (Å²) in [6.45, 7) is 6.60. The Hall–Kier alpha value is -1.71. The van der Waals surface area contributed by atoms with Crippen molar-refractivity contribution in [2.24, 2.45) is 16.7 Å². The van der Waals surface area contributed by atoms with Crippen molar-refractivity contribution in [3.8, 4) is 0 Å². The van der Waals surface area contributed by atoms with Gasteiger partial charge in [-0.25, -0.2) is 0 Å². The van der Waals surface area contributed by atoms with Gasteiger partial charge in [-0.05, 0) is 30.4 Å². The number of nitrogens with zero attached hydrogens (tertiary/aromatic N) is 2. The molecule has 2 amide bonds. The summed E-state index contributed by atoms with van der Waals surface area (Å²) in [6.07, 6.45) is 4.01. The number of piperidine rings is 1. The van der Waals surface area contributed by atoms with E-state index >= 15 is 0 Å². The van der Waals surface area contributed by atoms with Gasteiger partial charge in [0, 0.05) is 30.8 Å². The first-order valence-electron chi connectivity index (χ1n) is 7.63. The average molecular weight is 286 g/mol. The maximum atomic E-state index is 12.8. The second kappa shape index (κ2) is 4.65. The van der Waals surface area contributed by atoms with Crippen molar-refractivity contribution in [2.75, 3.05) is 6.54 Å². The van der Waals surface area contributed by atoms with Gasteiger partial charge in [0.05, 0.1) is 5.41 Å². The Morgan fingerprint density at radius 3 is 2.71 bits per heavy atom. The summed E-state index contributed by atoms with van der Waals surface area (Å²) >= 11 is 0. The molecule has 4 heteroatoms. The van der Waals surface area contributed by atoms with Gasteiger partial charge in [-0.15, -0.1) is 0 Å². The molecule has 1 aliphatic heterocycles. The monoisotopic (exact) mass is 286 g/mol. The smallest absolute Gasteiger partial charge is 0.235 e. The minimum Gasteiger partial charge on any atom is -0.281 e. The Morgan fingerprint density at radius 2 is 2.05 bits per heavy atom. The zero-order chi connectivity index (χ0) is 15.3. The fraction of sp³-hybridized carbons (Fsp3) is 0.588. The Labute approximate surface area is 125 Å². The van der Waals surface area contributed by atoms with E-state index < -0.39 is 5.41 Å². The summed E-state index contributed by atoms with van der Waals surface area (Å²) in [5.41, 5.74) is 0.277. The maximum Gasteiger partial charge on any atom is 0.235 e. The SMILES string of the molecule is CC12CCC(C(=O)N(CCc3ccccn3)C1=O)C2(C)C. The molecule has 1 aliphatic carbocycles. The minimum absolute atomic E-state index is 0.00202. The van der Waals surface area contributed by atoms with Crippen LogP contribution in [0.3, 0.4) is 0 Å². The standard InChI is InChI=1S/C17H22N2O2/c1-16(2)13-7-9-17(16,3)15(21)19(14(13)20)11-8-12-6-4-5-10-18-12/h4-6,10,13H,7-9,11H2,1-3H3. The van der Waals surface area contributed by atoms with Crippen molar-refractivity contribution in [3.05, 3.63) is 30.1 Å². The number of pyridine rings is 1. The number of likely N-dealkylation sites (tertiary alicyclic amines) is 1. The first-order chi connectivity index (χ1) is 9.88. The van der Waals surface area contributed by atoms with E-state index in [-0.39, 0.29) is 23.1 Å². The second-order valence-electron chi connectivity index (χ2n) is 7.01. The molecule has 2 aliphatic rings. The molecule has 2 fully saturated rings. The highest BCUT2D eigenvalue weighted by Crippen LogP contribution is 2.59. The number of aromatic nitrogens is 1. The normalized spacial score (nSPS) is 30.8. The van der Waals surface area contributed by atoms with Crippen LogP contribution in [0.1, 0.15) is 39.3 Å². The van der Waals surface area contributed by atoms with Crippen molar-refractivity contribution >= 4 is 11.8 Å². The number of fused-ring (bicyclic) bond motifs is 2. The van der Waals surface area contributed by atoms with Crippen LogP contribution in [0.2, 0.25) is 0 Å². The molecule has 1 aromatic rings. The number of imide groups is 1. The summed E-state index contributed by atoms with van der Waals surface area (Å²) in [5.74, 6) is -0.0120. The van der Waals surface area contributed by atoms with Crippen LogP contribution in [0, 0.1) is 16.7 Å². The lowest BCUT2D eigenvalue weighted by Crippen LogP contribution is -2.59. The van der Waals surface area contributed by atoms with Crippen LogP contribution in [-0.2, 0) is 16.0 Å². The Kier molecular flexibility index (Phi) is 3.15. The first-order valence-corrected chi connectivity index (χ1v) is 7.63. The molecule has 4 nitrogen and oxygen atoms in total. The van der Waals surface area contributed by atoms with Gasteiger partial charge in [-0.1, -0.05) is 26.8 Å². The van der Waals surface area contributed by atoms with Crippen LogP contribution in [0.15, 0.2) is 24.4 Å². The van der Waals surface area contributed by atoms with E-state index in [4.69, 9.17) is 0 Å². The van der Waals surface area contributed by atoms with Crippen LogP contribution < -0.4 is 0 Å². The summed E-state index contributed by atoms with van der Waals surface area (Å²) < 4.78 is 0. The molecule has 2 bridgehead atoms. The minimum atomic E-state index is -0.407. The fourth-order valence-electron chi connectivity index (χ4n) is 3.89. The maximum absolute atomic E-state index is 12.8. The van der Waals surface area contributed by atoms with Gasteiger partial charge in [0.25, 0.3) is 0 Å². The molecule has 112 valence electrons. The van der Waals surface area contributed by atoms with Gasteiger partial charge in [0.1, 0.15) is 0 Å². The number of hydrogen-bond acceptors (Lipinski definition) is 3. The third-order valence-electron chi connectivity index (χ3n) is 5.83. The number of rotatable bonds is 3. The predicted octanol–water partition coefficient (Wildman–Crippen LogP) is 2.44. The van der Waals surface area contributed by atoms with Crippen molar-refractivity contribution in [2.45, 2.75) is 40.0 Å². The summed E-state index contributed by atoms with van der Waals surface area (Å²) in [5, 5.41) is 0. The lowest BCUT2D eigenvalue weighted by atomic mass is 9.62. The van der Waals surface area contributed by atoms with Crippen molar-refractivity contribution in [1.29, 1.82) is 0 Å². The highest BCUT2D eigenvalue weighted by atomic mass is 16.2. The molecule has 1 aromatic heterocycles. The van der Waals surface area contributed by atoms with E-state index in [2.05, 4.69) is 18.8 Å². The van der Waals surface area contributed by atoms with Crippen LogP contribution in [0.25, 0.3) is 0 Å². The lowest BCUT2D eigenvalue weighted by molar-refractivity contribution is -0.167. The first kappa shape index (κ1) is 14.2. The highest BCUT2D eigenvalue weighted by Gasteiger charge is 2.64. The Morgan fingerprint density at radius 1 is 1.29 bits per heavy atom.